The van der Waals surface area contributed by atoms with Crippen LogP contribution in [0.15, 0.2) is 30.3 Å². The maximum Gasteiger partial charge on any atom is 1.00 e. The first-order valence-electron chi connectivity index (χ1n) is 5.08. The maximum atomic E-state index is 11.2. The Bertz CT molecular complexity index is 351. The number of benzene rings is 1. The second-order valence-electron chi connectivity index (χ2n) is 3.37. The van der Waals surface area contributed by atoms with E-state index >= 15 is 0 Å². The van der Waals surface area contributed by atoms with Gasteiger partial charge in [-0.2, -0.15) is 0 Å². The number of rotatable bonds is 6. The van der Waals surface area contributed by atoms with Crippen LogP contribution in [0, 0.1) is 0 Å². The van der Waals surface area contributed by atoms with E-state index in [0.717, 1.165) is 5.56 Å². The van der Waals surface area contributed by atoms with Crippen LogP contribution in [0.3, 0.4) is 0 Å². The molecule has 0 spiro atoms. The van der Waals surface area contributed by atoms with Crippen molar-refractivity contribution in [3.63, 3.8) is 0 Å². The van der Waals surface area contributed by atoms with Crippen molar-refractivity contribution in [3.8, 4) is 0 Å². The van der Waals surface area contributed by atoms with Crippen LogP contribution in [0.4, 0.5) is 0 Å². The minimum atomic E-state index is -1.14. The van der Waals surface area contributed by atoms with Gasteiger partial charge in [-0.05, 0) is 18.4 Å². The van der Waals surface area contributed by atoms with Gasteiger partial charge in [-0.1, -0.05) is 30.3 Å². The molecule has 0 saturated carbocycles. The predicted molar refractivity (Wildman–Crippen MR) is 55.1 cm³/mol. The molecule has 0 bridgehead atoms. The molecule has 0 aliphatic carbocycles. The van der Waals surface area contributed by atoms with Crippen LogP contribution in [0.5, 0.6) is 0 Å². The van der Waals surface area contributed by atoms with Crippen LogP contribution in [0.25, 0.3) is 0 Å². The Balaban J connectivity index is 0.00000256. The third-order valence-electron chi connectivity index (χ3n) is 2.00. The maximum absolute atomic E-state index is 11.2. The standard InChI is InChI=1S/C12H14O4.Cs/c13-11(14)7-4-8-12(15)16-9-10-5-2-1-3-6-10;/h1-3,5-6H,4,7-9H2,(H,13,14);/q;+1/p-1. The zero-order chi connectivity index (χ0) is 11.8. The Morgan fingerprint density at radius 2 is 1.76 bits per heavy atom. The van der Waals surface area contributed by atoms with E-state index in [9.17, 15) is 14.7 Å². The molecule has 0 heterocycles. The smallest absolute Gasteiger partial charge is 0.550 e. The zero-order valence-corrected chi connectivity index (χ0v) is 16.1. The molecular formula is C12H13CsO4. The molecular weight excluding hydrogens is 341 g/mol. The van der Waals surface area contributed by atoms with Gasteiger partial charge in [-0.3, -0.25) is 4.79 Å². The topological polar surface area (TPSA) is 66.4 Å². The first-order valence-corrected chi connectivity index (χ1v) is 5.08. The predicted octanol–water partition coefficient (Wildman–Crippen LogP) is -2.35. The fourth-order valence-corrected chi connectivity index (χ4v) is 1.19. The number of carboxylic acids is 1. The molecule has 1 aromatic rings. The minimum absolute atomic E-state index is 0. The molecule has 1 rings (SSSR count). The van der Waals surface area contributed by atoms with E-state index in [0.29, 0.717) is 0 Å². The Labute approximate surface area is 159 Å². The van der Waals surface area contributed by atoms with Crippen molar-refractivity contribution < 1.29 is 88.3 Å². The third kappa shape index (κ3) is 8.87. The summed E-state index contributed by atoms with van der Waals surface area (Å²) in [6.07, 6.45) is 0.261. The van der Waals surface area contributed by atoms with Crippen molar-refractivity contribution in [1.82, 2.24) is 0 Å². The molecule has 0 fully saturated rings. The summed E-state index contributed by atoms with van der Waals surface area (Å²) < 4.78 is 4.96. The van der Waals surface area contributed by atoms with Gasteiger partial charge in [0.25, 0.3) is 0 Å². The molecule has 5 heteroatoms. The van der Waals surface area contributed by atoms with Gasteiger partial charge in [-0.15, -0.1) is 0 Å². The number of carbonyl (C=O) groups is 2. The van der Waals surface area contributed by atoms with E-state index in [-0.39, 0.29) is 101 Å². The molecule has 1 aromatic carbocycles. The van der Waals surface area contributed by atoms with E-state index in [4.69, 9.17) is 4.74 Å². The van der Waals surface area contributed by atoms with Crippen molar-refractivity contribution in [2.24, 2.45) is 0 Å². The fraction of sp³-hybridized carbons (Fsp3) is 0.333. The summed E-state index contributed by atoms with van der Waals surface area (Å²) in [6.45, 7) is 0.227. The van der Waals surface area contributed by atoms with Gasteiger partial charge in [0.05, 0.1) is 0 Å². The normalized spacial score (nSPS) is 9.18. The summed E-state index contributed by atoms with van der Waals surface area (Å²) in [4.78, 5) is 21.3. The van der Waals surface area contributed by atoms with E-state index in [1.807, 2.05) is 30.3 Å². The summed E-state index contributed by atoms with van der Waals surface area (Å²) in [6, 6.07) is 9.31. The van der Waals surface area contributed by atoms with Crippen LogP contribution in [-0.2, 0) is 20.9 Å². The molecule has 0 amide bonds. The monoisotopic (exact) mass is 354 g/mol. The van der Waals surface area contributed by atoms with Crippen molar-refractivity contribution in [2.45, 2.75) is 25.9 Å². The number of esters is 1. The largest absolute Gasteiger partial charge is 1.00 e. The van der Waals surface area contributed by atoms with Gasteiger partial charge >= 0.3 is 74.9 Å². The third-order valence-corrected chi connectivity index (χ3v) is 2.00. The van der Waals surface area contributed by atoms with Crippen molar-refractivity contribution in [1.29, 1.82) is 0 Å². The van der Waals surface area contributed by atoms with Crippen LogP contribution in [0.2, 0.25) is 0 Å². The molecule has 0 N–H and O–H groups in total. The SMILES string of the molecule is O=C([O-])CCCC(=O)OCc1ccccc1.[Cs+]. The Morgan fingerprint density at radius 3 is 2.35 bits per heavy atom. The van der Waals surface area contributed by atoms with Crippen molar-refractivity contribution >= 4 is 11.9 Å². The summed E-state index contributed by atoms with van der Waals surface area (Å²) in [5.41, 5.74) is 0.913. The van der Waals surface area contributed by atoms with E-state index in [2.05, 4.69) is 0 Å². The van der Waals surface area contributed by atoms with Crippen molar-refractivity contribution in [3.05, 3.63) is 35.9 Å². The molecule has 17 heavy (non-hydrogen) atoms. The van der Waals surface area contributed by atoms with E-state index in [1.54, 1.807) is 0 Å². The quantitative estimate of drug-likeness (QED) is 0.537. The Morgan fingerprint density at radius 1 is 1.12 bits per heavy atom. The number of carbonyl (C=O) groups excluding carboxylic acids is 2. The zero-order valence-electron chi connectivity index (χ0n) is 9.85. The number of ether oxygens (including phenoxy) is 1. The van der Waals surface area contributed by atoms with Gasteiger partial charge in [0.2, 0.25) is 0 Å². The van der Waals surface area contributed by atoms with Crippen LogP contribution < -0.4 is 74.0 Å². The van der Waals surface area contributed by atoms with Gasteiger partial charge in [-0.25, -0.2) is 0 Å². The molecule has 0 atom stereocenters. The van der Waals surface area contributed by atoms with E-state index in [1.165, 1.54) is 0 Å². The molecule has 0 saturated heterocycles. The summed E-state index contributed by atoms with van der Waals surface area (Å²) in [5, 5.41) is 10.1. The van der Waals surface area contributed by atoms with Gasteiger partial charge < -0.3 is 14.6 Å². The first-order chi connectivity index (χ1) is 7.68. The molecule has 0 aliphatic rings. The molecule has 0 aliphatic heterocycles. The van der Waals surface area contributed by atoms with Crippen LogP contribution in [-0.4, -0.2) is 11.9 Å². The van der Waals surface area contributed by atoms with Gasteiger partial charge in [0.1, 0.15) is 6.61 Å². The fourth-order valence-electron chi connectivity index (χ4n) is 1.19. The van der Waals surface area contributed by atoms with E-state index < -0.39 is 5.97 Å². The number of aliphatic carboxylic acids is 1. The molecule has 0 aromatic heterocycles. The Hall–Kier alpha value is 0.212. The molecule has 0 radical (unpaired) electrons. The minimum Gasteiger partial charge on any atom is -0.550 e. The average Bonchev–Trinajstić information content (AvgIpc) is 2.27. The second kappa shape index (κ2) is 10.2. The summed E-state index contributed by atoms with van der Waals surface area (Å²) in [5.74, 6) is -1.53. The number of hydrogen-bond donors (Lipinski definition) is 0. The second-order valence-corrected chi connectivity index (χ2v) is 3.37. The average molecular weight is 354 g/mol. The molecule has 86 valence electrons. The van der Waals surface area contributed by atoms with Gasteiger partial charge in [0, 0.05) is 12.4 Å². The first kappa shape index (κ1) is 17.2. The summed E-state index contributed by atoms with van der Waals surface area (Å²) in [7, 11) is 0. The summed E-state index contributed by atoms with van der Waals surface area (Å²) >= 11 is 0. The molecule has 0 unspecified atom stereocenters. The Kier molecular flexibility index (Phi) is 10.3. The number of carboxylic acid groups (broad SMARTS) is 1. The number of hydrogen-bond acceptors (Lipinski definition) is 4. The van der Waals surface area contributed by atoms with Gasteiger partial charge in [0.15, 0.2) is 0 Å². The van der Waals surface area contributed by atoms with Crippen LogP contribution >= 0.6 is 0 Å². The molecule has 4 nitrogen and oxygen atoms in total. The van der Waals surface area contributed by atoms with Crippen molar-refractivity contribution in [2.75, 3.05) is 0 Å². The van der Waals surface area contributed by atoms with Crippen LogP contribution in [0.1, 0.15) is 24.8 Å².